The number of hydrogen-bond acceptors (Lipinski definition) is 7. The predicted octanol–water partition coefficient (Wildman–Crippen LogP) is 6.84. The number of halogens is 2. The first kappa shape index (κ1) is 27.3. The van der Waals surface area contributed by atoms with Crippen molar-refractivity contribution in [3.05, 3.63) is 114 Å². The summed E-state index contributed by atoms with van der Waals surface area (Å²) in [5.74, 6) is 2.01. The van der Waals surface area contributed by atoms with Crippen LogP contribution in [0.15, 0.2) is 96.2 Å². The zero-order chi connectivity index (χ0) is 27.9. The van der Waals surface area contributed by atoms with Crippen molar-refractivity contribution in [1.82, 2.24) is 15.3 Å². The molecule has 7 nitrogen and oxygen atoms in total. The Morgan fingerprint density at radius 1 is 1.10 bits per heavy atom. The molecule has 5 rings (SSSR count). The zero-order valence-electron chi connectivity index (χ0n) is 21.1. The molecule has 0 radical (unpaired) electrons. The van der Waals surface area contributed by atoms with E-state index < -0.39 is 0 Å². The van der Waals surface area contributed by atoms with Crippen LogP contribution in [0.4, 0.5) is 15.9 Å². The van der Waals surface area contributed by atoms with Gasteiger partial charge < -0.3 is 14.5 Å². The molecule has 3 aromatic carbocycles. The lowest BCUT2D eigenvalue weighted by Gasteiger charge is -2.12. The number of rotatable bonds is 11. The highest BCUT2D eigenvalue weighted by molar-refractivity contribution is 7.64. The van der Waals surface area contributed by atoms with E-state index >= 15 is 0 Å². The van der Waals surface area contributed by atoms with Crippen molar-refractivity contribution in [2.45, 2.75) is 12.6 Å². The number of benzene rings is 3. The third-order valence-corrected chi connectivity index (χ3v) is 6.68. The number of ether oxygens (including phenoxy) is 1. The number of nitrogens with one attached hydrogen (secondary N) is 2. The summed E-state index contributed by atoms with van der Waals surface area (Å²) in [7, 11) is 0. The fraction of sp³-hybridized carbons (Fsp3) is 0.100. The summed E-state index contributed by atoms with van der Waals surface area (Å²) in [5.41, 5.74) is 2.98. The second-order valence-corrected chi connectivity index (χ2v) is 9.62. The van der Waals surface area contributed by atoms with Crippen LogP contribution in [-0.4, -0.2) is 26.1 Å². The number of fused-ring (bicyclic) bond motifs is 1. The molecule has 0 saturated carbocycles. The third kappa shape index (κ3) is 6.45. The van der Waals surface area contributed by atoms with E-state index in [2.05, 4.69) is 27.2 Å². The molecule has 2 N–H and O–H groups in total. The van der Waals surface area contributed by atoms with Crippen LogP contribution in [0.25, 0.3) is 22.2 Å². The Morgan fingerprint density at radius 3 is 2.80 bits per heavy atom. The molecule has 0 amide bonds. The van der Waals surface area contributed by atoms with Crippen molar-refractivity contribution >= 4 is 50.6 Å². The maximum atomic E-state index is 13.4. The second kappa shape index (κ2) is 12.7. The third-order valence-electron chi connectivity index (χ3n) is 6.00. The standard InChI is InChI=1S/C30H24ClFN4O3S/c1-2-12-33-26(17-40-37)29-11-10-27(39-29)20-6-8-25-23(14-20)30(35-18-34-25)36-22-7-9-28(24(31)15-22)38-16-19-4-3-5-21(32)13-19/h2-11,13-15,17-18,26,33H,1,12,16H2,(H,34,35,36). The highest BCUT2D eigenvalue weighted by Crippen LogP contribution is 2.33. The van der Waals surface area contributed by atoms with E-state index in [4.69, 9.17) is 20.8 Å². The molecule has 1 unspecified atom stereocenters. The minimum atomic E-state index is -0.346. The summed E-state index contributed by atoms with van der Waals surface area (Å²) >= 11 is 6.86. The molecule has 0 bridgehead atoms. The first-order valence-corrected chi connectivity index (χ1v) is 13.5. The molecule has 40 heavy (non-hydrogen) atoms. The van der Waals surface area contributed by atoms with Gasteiger partial charge in [-0.15, -0.1) is 6.58 Å². The van der Waals surface area contributed by atoms with E-state index in [1.165, 1.54) is 23.8 Å². The quantitative estimate of drug-likeness (QED) is 0.132. The van der Waals surface area contributed by atoms with Crippen LogP contribution in [-0.2, 0) is 17.9 Å². The number of furan rings is 1. The summed E-state index contributed by atoms with van der Waals surface area (Å²) < 4.78 is 36.4. The van der Waals surface area contributed by atoms with Gasteiger partial charge in [0.25, 0.3) is 0 Å². The number of hydrogen-bond donors (Lipinski definition) is 2. The van der Waals surface area contributed by atoms with Crippen LogP contribution in [0.5, 0.6) is 5.75 Å². The lowest BCUT2D eigenvalue weighted by Crippen LogP contribution is -2.21. The number of nitrogens with zero attached hydrogens (tertiary/aromatic N) is 2. The monoisotopic (exact) mass is 574 g/mol. The topological polar surface area (TPSA) is 89.3 Å². The van der Waals surface area contributed by atoms with E-state index in [0.717, 1.165) is 16.5 Å². The van der Waals surface area contributed by atoms with Gasteiger partial charge in [-0.05, 0) is 66.2 Å². The fourth-order valence-corrected chi connectivity index (χ4v) is 4.66. The molecule has 0 fully saturated rings. The highest BCUT2D eigenvalue weighted by Gasteiger charge is 2.15. The average Bonchev–Trinajstić information content (AvgIpc) is 3.45. The Hall–Kier alpha value is -4.31. The molecule has 2 aromatic heterocycles. The molecule has 0 saturated heterocycles. The van der Waals surface area contributed by atoms with Crippen molar-refractivity contribution in [3.8, 4) is 17.1 Å². The molecule has 0 aliphatic heterocycles. The van der Waals surface area contributed by atoms with Crippen LogP contribution < -0.4 is 15.4 Å². The Morgan fingerprint density at radius 2 is 2.00 bits per heavy atom. The number of aromatic nitrogens is 2. The Kier molecular flexibility index (Phi) is 8.65. The molecule has 2 heterocycles. The van der Waals surface area contributed by atoms with Crippen LogP contribution in [0.3, 0.4) is 0 Å². The Bertz CT molecular complexity index is 1720. The van der Waals surface area contributed by atoms with Gasteiger partial charge in [0.2, 0.25) is 0 Å². The van der Waals surface area contributed by atoms with Gasteiger partial charge in [-0.3, -0.25) is 5.32 Å². The minimum absolute atomic E-state index is 0.191. The van der Waals surface area contributed by atoms with Gasteiger partial charge in [-0.2, -0.15) is 0 Å². The van der Waals surface area contributed by atoms with Crippen molar-refractivity contribution in [3.63, 3.8) is 0 Å². The van der Waals surface area contributed by atoms with Crippen molar-refractivity contribution in [2.24, 2.45) is 0 Å². The zero-order valence-corrected chi connectivity index (χ0v) is 22.7. The predicted molar refractivity (Wildman–Crippen MR) is 158 cm³/mol. The second-order valence-electron chi connectivity index (χ2n) is 8.75. The van der Waals surface area contributed by atoms with Gasteiger partial charge >= 0.3 is 0 Å². The molecule has 202 valence electrons. The Labute approximate surface area is 238 Å². The van der Waals surface area contributed by atoms with Crippen LogP contribution >= 0.6 is 11.6 Å². The molecular weight excluding hydrogens is 551 g/mol. The van der Waals surface area contributed by atoms with E-state index in [1.54, 1.807) is 30.3 Å². The molecule has 5 aromatic rings. The average molecular weight is 575 g/mol. The molecule has 1 atom stereocenters. The van der Waals surface area contributed by atoms with Crippen LogP contribution in [0, 0.1) is 5.82 Å². The van der Waals surface area contributed by atoms with Crippen LogP contribution in [0.1, 0.15) is 17.4 Å². The summed E-state index contributed by atoms with van der Waals surface area (Å²) in [6, 6.07) is 20.6. The van der Waals surface area contributed by atoms with E-state index in [1.807, 2.05) is 36.4 Å². The smallest absolute Gasteiger partial charge is 0.141 e. The van der Waals surface area contributed by atoms with E-state index in [9.17, 15) is 8.60 Å². The van der Waals surface area contributed by atoms with E-state index in [0.29, 0.717) is 57.2 Å². The fourth-order valence-electron chi connectivity index (χ4n) is 4.09. The highest BCUT2D eigenvalue weighted by atomic mass is 35.5. The molecule has 0 aliphatic rings. The first-order chi connectivity index (χ1) is 19.5. The lowest BCUT2D eigenvalue weighted by molar-refractivity contribution is 0.306. The normalized spacial score (nSPS) is 11.7. The van der Waals surface area contributed by atoms with Gasteiger partial charge in [-0.1, -0.05) is 29.8 Å². The molecule has 10 heteroatoms. The maximum Gasteiger partial charge on any atom is 0.141 e. The van der Waals surface area contributed by atoms with Gasteiger partial charge in [0.05, 0.1) is 27.8 Å². The molecule has 0 aliphatic carbocycles. The molecule has 0 spiro atoms. The number of anilines is 2. The maximum absolute atomic E-state index is 13.4. The van der Waals surface area contributed by atoms with Crippen molar-refractivity contribution in [1.29, 1.82) is 0 Å². The van der Waals surface area contributed by atoms with Gasteiger partial charge in [0, 0.05) is 28.5 Å². The lowest BCUT2D eigenvalue weighted by atomic mass is 10.1. The van der Waals surface area contributed by atoms with Gasteiger partial charge in [0.1, 0.15) is 41.8 Å². The van der Waals surface area contributed by atoms with Crippen LogP contribution in [0.2, 0.25) is 5.02 Å². The van der Waals surface area contributed by atoms with Crippen molar-refractivity contribution in [2.75, 3.05) is 11.9 Å². The summed E-state index contributed by atoms with van der Waals surface area (Å²) in [6.07, 6.45) is 3.21. The Balaban J connectivity index is 1.36. The molecular formula is C30H24ClFN4O3S. The first-order valence-electron chi connectivity index (χ1n) is 12.3. The van der Waals surface area contributed by atoms with Gasteiger partial charge in [0.15, 0.2) is 0 Å². The SMILES string of the molecule is C=CCNC(C=S=O)c1ccc(-c2ccc3ncnc(Nc4ccc(OCc5cccc(F)c5)c(Cl)c4)c3c2)o1. The van der Waals surface area contributed by atoms with Gasteiger partial charge in [-0.25, -0.2) is 18.6 Å². The summed E-state index contributed by atoms with van der Waals surface area (Å²) in [6.45, 7) is 4.43. The summed E-state index contributed by atoms with van der Waals surface area (Å²) in [4.78, 5) is 8.82. The van der Waals surface area contributed by atoms with Crippen molar-refractivity contribution < 1.29 is 17.8 Å². The minimum Gasteiger partial charge on any atom is -0.487 e. The largest absolute Gasteiger partial charge is 0.487 e. The summed E-state index contributed by atoms with van der Waals surface area (Å²) in [5, 5.41) is 9.21. The van der Waals surface area contributed by atoms with E-state index in [-0.39, 0.29) is 18.5 Å².